The van der Waals surface area contributed by atoms with Crippen LogP contribution in [0, 0.1) is 0 Å². The van der Waals surface area contributed by atoms with Crippen molar-refractivity contribution in [3.8, 4) is 5.75 Å². The van der Waals surface area contributed by atoms with Crippen molar-refractivity contribution in [2.45, 2.75) is 39.8 Å². The van der Waals surface area contributed by atoms with Gasteiger partial charge in [0.1, 0.15) is 5.75 Å². The largest absolute Gasteiger partial charge is 0.459 e. The minimum Gasteiger partial charge on any atom is -0.459 e. The van der Waals surface area contributed by atoms with E-state index in [9.17, 15) is 13.2 Å². The molecule has 1 amide bonds. The predicted octanol–water partition coefficient (Wildman–Crippen LogP) is 3.45. The van der Waals surface area contributed by atoms with E-state index in [4.69, 9.17) is 8.60 Å². The lowest BCUT2D eigenvalue weighted by molar-refractivity contribution is 0.0638. The van der Waals surface area contributed by atoms with Crippen LogP contribution in [-0.2, 0) is 16.7 Å². The Morgan fingerprint density at radius 2 is 1.88 bits per heavy atom. The second kappa shape index (κ2) is 8.20. The Labute approximate surface area is 148 Å². The SMILES string of the molecule is CC[C@@H](C)N(Cc1ccc(OS(=O)(=O)CC)cc1)C(=O)c1ccco1. The van der Waals surface area contributed by atoms with Crippen molar-refractivity contribution in [1.29, 1.82) is 0 Å². The molecule has 1 heterocycles. The number of benzene rings is 1. The Hall–Kier alpha value is -2.28. The molecule has 0 radical (unpaired) electrons. The summed E-state index contributed by atoms with van der Waals surface area (Å²) in [6.07, 6.45) is 2.28. The summed E-state index contributed by atoms with van der Waals surface area (Å²) in [5, 5.41) is 0. The molecule has 0 saturated heterocycles. The summed E-state index contributed by atoms with van der Waals surface area (Å²) in [7, 11) is -3.55. The van der Waals surface area contributed by atoms with Crippen LogP contribution in [0.15, 0.2) is 47.1 Å². The van der Waals surface area contributed by atoms with Gasteiger partial charge in [0.05, 0.1) is 12.0 Å². The van der Waals surface area contributed by atoms with Crippen LogP contribution in [0.3, 0.4) is 0 Å². The van der Waals surface area contributed by atoms with Crippen molar-refractivity contribution < 1.29 is 21.8 Å². The fourth-order valence-electron chi connectivity index (χ4n) is 2.24. The second-order valence-corrected chi connectivity index (χ2v) is 7.60. The Morgan fingerprint density at radius 3 is 2.40 bits per heavy atom. The number of hydrogen-bond donors (Lipinski definition) is 0. The Balaban J connectivity index is 2.15. The minimum atomic E-state index is -3.55. The molecule has 2 aromatic rings. The molecule has 0 aliphatic heterocycles. The summed E-state index contributed by atoms with van der Waals surface area (Å²) in [4.78, 5) is 14.4. The maximum Gasteiger partial charge on any atom is 0.308 e. The molecule has 0 N–H and O–H groups in total. The Kier molecular flexibility index (Phi) is 6.25. The normalized spacial score (nSPS) is 12.6. The number of hydrogen-bond acceptors (Lipinski definition) is 5. The van der Waals surface area contributed by atoms with E-state index in [1.54, 1.807) is 41.3 Å². The molecule has 0 spiro atoms. The molecule has 1 aromatic carbocycles. The lowest BCUT2D eigenvalue weighted by Gasteiger charge is -2.28. The predicted molar refractivity (Wildman–Crippen MR) is 94.9 cm³/mol. The van der Waals surface area contributed by atoms with E-state index in [1.165, 1.54) is 13.2 Å². The standard InChI is InChI=1S/C18H23NO5S/c1-4-14(3)19(18(20)17-7-6-12-23-17)13-15-8-10-16(11-9-15)24-25(21,22)5-2/h6-12,14H,4-5,13H2,1-3H3/t14-/m1/s1. The number of nitrogens with zero attached hydrogens (tertiary/aromatic N) is 1. The van der Waals surface area contributed by atoms with Crippen LogP contribution in [0.1, 0.15) is 43.3 Å². The van der Waals surface area contributed by atoms with E-state index in [2.05, 4.69) is 0 Å². The van der Waals surface area contributed by atoms with E-state index in [-0.39, 0.29) is 23.5 Å². The molecule has 2 rings (SSSR count). The van der Waals surface area contributed by atoms with Crippen molar-refractivity contribution in [1.82, 2.24) is 4.90 Å². The van der Waals surface area contributed by atoms with Crippen LogP contribution in [-0.4, -0.2) is 31.0 Å². The highest BCUT2D eigenvalue weighted by Gasteiger charge is 2.22. The Bertz CT molecular complexity index is 781. The van der Waals surface area contributed by atoms with Gasteiger partial charge in [-0.05, 0) is 50.1 Å². The first kappa shape index (κ1) is 19.1. The van der Waals surface area contributed by atoms with Crippen LogP contribution in [0.4, 0.5) is 0 Å². The second-order valence-electron chi connectivity index (χ2n) is 5.74. The summed E-state index contributed by atoms with van der Waals surface area (Å²) >= 11 is 0. The highest BCUT2D eigenvalue weighted by Crippen LogP contribution is 2.19. The zero-order chi connectivity index (χ0) is 18.4. The first-order chi connectivity index (χ1) is 11.9. The molecule has 6 nitrogen and oxygen atoms in total. The Morgan fingerprint density at radius 1 is 1.20 bits per heavy atom. The lowest BCUT2D eigenvalue weighted by Crippen LogP contribution is -2.37. The van der Waals surface area contributed by atoms with Crippen molar-refractivity contribution in [2.24, 2.45) is 0 Å². The van der Waals surface area contributed by atoms with Crippen molar-refractivity contribution in [2.75, 3.05) is 5.75 Å². The molecule has 1 atom stereocenters. The third-order valence-electron chi connectivity index (χ3n) is 3.97. The van der Waals surface area contributed by atoms with Crippen molar-refractivity contribution >= 4 is 16.0 Å². The van der Waals surface area contributed by atoms with Crippen molar-refractivity contribution in [3.63, 3.8) is 0 Å². The third-order valence-corrected chi connectivity index (χ3v) is 5.12. The van der Waals surface area contributed by atoms with Gasteiger partial charge in [-0.2, -0.15) is 8.42 Å². The van der Waals surface area contributed by atoms with Gasteiger partial charge in [-0.15, -0.1) is 0 Å². The van der Waals surface area contributed by atoms with Crippen LogP contribution in [0.25, 0.3) is 0 Å². The van der Waals surface area contributed by atoms with Gasteiger partial charge in [0.25, 0.3) is 5.91 Å². The van der Waals surface area contributed by atoms with Crippen LogP contribution in [0.5, 0.6) is 5.75 Å². The third kappa shape index (κ3) is 5.09. The molecule has 25 heavy (non-hydrogen) atoms. The van der Waals surface area contributed by atoms with Crippen LogP contribution in [0.2, 0.25) is 0 Å². The number of amides is 1. The molecule has 0 saturated carbocycles. The van der Waals surface area contributed by atoms with E-state index >= 15 is 0 Å². The number of carbonyl (C=O) groups is 1. The fraction of sp³-hybridized carbons (Fsp3) is 0.389. The topological polar surface area (TPSA) is 76.8 Å². The fourth-order valence-corrected chi connectivity index (χ4v) is 2.76. The molecule has 0 aliphatic carbocycles. The highest BCUT2D eigenvalue weighted by atomic mass is 32.2. The average Bonchev–Trinajstić information content (AvgIpc) is 3.14. The van der Waals surface area contributed by atoms with Gasteiger partial charge in [-0.25, -0.2) is 0 Å². The van der Waals surface area contributed by atoms with E-state index < -0.39 is 10.1 Å². The zero-order valence-corrected chi connectivity index (χ0v) is 15.5. The first-order valence-corrected chi connectivity index (χ1v) is 9.79. The molecule has 0 unspecified atom stereocenters. The molecule has 0 bridgehead atoms. The number of rotatable bonds is 8. The van der Waals surface area contributed by atoms with Gasteiger partial charge in [0, 0.05) is 12.6 Å². The minimum absolute atomic E-state index is 0.0361. The maximum absolute atomic E-state index is 12.6. The summed E-state index contributed by atoms with van der Waals surface area (Å²) in [5.74, 6) is 0.300. The number of carbonyl (C=O) groups excluding carboxylic acids is 1. The molecule has 0 aliphatic rings. The first-order valence-electron chi connectivity index (χ1n) is 8.21. The number of furan rings is 1. The highest BCUT2D eigenvalue weighted by molar-refractivity contribution is 7.87. The maximum atomic E-state index is 12.6. The molecular weight excluding hydrogens is 342 g/mol. The van der Waals surface area contributed by atoms with E-state index in [1.807, 2.05) is 13.8 Å². The molecule has 7 heteroatoms. The summed E-state index contributed by atoms with van der Waals surface area (Å²) < 4.78 is 33.2. The van der Waals surface area contributed by atoms with Gasteiger partial charge in [0.15, 0.2) is 5.76 Å². The van der Waals surface area contributed by atoms with Gasteiger partial charge in [-0.1, -0.05) is 19.1 Å². The zero-order valence-electron chi connectivity index (χ0n) is 14.6. The molecule has 0 fully saturated rings. The summed E-state index contributed by atoms with van der Waals surface area (Å²) in [5.41, 5.74) is 0.876. The summed E-state index contributed by atoms with van der Waals surface area (Å²) in [6, 6.07) is 10.1. The molecular formula is C18H23NO5S. The van der Waals surface area contributed by atoms with Gasteiger partial charge in [0.2, 0.25) is 0 Å². The van der Waals surface area contributed by atoms with E-state index in [0.717, 1.165) is 12.0 Å². The lowest BCUT2D eigenvalue weighted by atomic mass is 10.1. The monoisotopic (exact) mass is 365 g/mol. The quantitative estimate of drug-likeness (QED) is 0.670. The van der Waals surface area contributed by atoms with Crippen molar-refractivity contribution in [3.05, 3.63) is 54.0 Å². The summed E-state index contributed by atoms with van der Waals surface area (Å²) in [6.45, 7) is 5.91. The molecule has 136 valence electrons. The van der Waals surface area contributed by atoms with Gasteiger partial charge < -0.3 is 13.5 Å². The van der Waals surface area contributed by atoms with E-state index in [0.29, 0.717) is 12.3 Å². The smallest absolute Gasteiger partial charge is 0.308 e. The average molecular weight is 365 g/mol. The molecule has 1 aromatic heterocycles. The van der Waals surface area contributed by atoms with Crippen LogP contribution >= 0.6 is 0 Å². The van der Waals surface area contributed by atoms with Gasteiger partial charge >= 0.3 is 10.1 Å². The van der Waals surface area contributed by atoms with Gasteiger partial charge in [-0.3, -0.25) is 4.79 Å². The van der Waals surface area contributed by atoms with Crippen LogP contribution < -0.4 is 4.18 Å².